The van der Waals surface area contributed by atoms with E-state index in [1.807, 2.05) is 12.3 Å². The molecule has 7 aromatic carbocycles. The van der Waals surface area contributed by atoms with E-state index < -0.39 is 0 Å². The second-order valence-corrected chi connectivity index (χ2v) is 18.0. The predicted molar refractivity (Wildman–Crippen MR) is 252 cm³/mol. The maximum atomic E-state index is 5.59. The van der Waals surface area contributed by atoms with Crippen molar-refractivity contribution in [2.75, 3.05) is 0 Å². The normalized spacial score (nSPS) is 15.7. The molecule has 0 spiro atoms. The molecule has 2 nitrogen and oxygen atoms in total. The van der Waals surface area contributed by atoms with Gasteiger partial charge in [0.2, 0.25) is 0 Å². The minimum Gasteiger partial charge on any atom is -0.256 e. The summed E-state index contributed by atoms with van der Waals surface area (Å²) in [6, 6.07) is 56.4. The number of fused-ring (bicyclic) bond motifs is 9. The molecule has 2 aromatic heterocycles. The number of nitrogens with zero attached hydrogens (tertiary/aromatic N) is 2. The molecule has 3 aliphatic carbocycles. The molecule has 0 saturated carbocycles. The highest BCUT2D eigenvalue weighted by molar-refractivity contribution is 6.16. The third-order valence-corrected chi connectivity index (χ3v) is 14.0. The van der Waals surface area contributed by atoms with Gasteiger partial charge in [-0.2, -0.15) is 0 Å². The highest BCUT2D eigenvalue weighted by Crippen LogP contribution is 2.53. The lowest BCUT2D eigenvalue weighted by Gasteiger charge is -2.24. The average molecular weight is 769 g/mol. The maximum absolute atomic E-state index is 5.59. The Morgan fingerprint density at radius 1 is 0.450 bits per heavy atom. The van der Waals surface area contributed by atoms with E-state index in [1.54, 1.807) is 0 Å². The number of para-hydroxylation sites is 1. The van der Waals surface area contributed by atoms with Crippen LogP contribution in [0, 0.1) is 0 Å². The monoisotopic (exact) mass is 768 g/mol. The summed E-state index contributed by atoms with van der Waals surface area (Å²) < 4.78 is 0. The first-order valence-corrected chi connectivity index (χ1v) is 21.4. The Morgan fingerprint density at radius 3 is 1.93 bits per heavy atom. The van der Waals surface area contributed by atoms with Crippen molar-refractivity contribution < 1.29 is 0 Å². The van der Waals surface area contributed by atoms with Crippen molar-refractivity contribution in [3.05, 3.63) is 198 Å². The zero-order valence-electron chi connectivity index (χ0n) is 34.5. The molecule has 12 rings (SSSR count). The molecule has 0 amide bonds. The molecule has 0 aliphatic heterocycles. The lowest BCUT2D eigenvalue weighted by molar-refractivity contribution is 0.651. The topological polar surface area (TPSA) is 25.8 Å². The molecule has 0 fully saturated rings. The minimum absolute atomic E-state index is 0.0672. The van der Waals surface area contributed by atoms with Gasteiger partial charge in [-0.3, -0.25) is 4.98 Å². The van der Waals surface area contributed by atoms with Gasteiger partial charge in [-0.15, -0.1) is 0 Å². The third-order valence-electron chi connectivity index (χ3n) is 14.0. The van der Waals surface area contributed by atoms with E-state index in [9.17, 15) is 0 Å². The molecule has 9 aromatic rings. The molecule has 60 heavy (non-hydrogen) atoms. The number of rotatable bonds is 4. The molecule has 2 heteroatoms. The van der Waals surface area contributed by atoms with Crippen LogP contribution in [-0.4, -0.2) is 9.97 Å². The van der Waals surface area contributed by atoms with E-state index in [1.165, 1.54) is 82.9 Å². The first kappa shape index (κ1) is 35.1. The second-order valence-electron chi connectivity index (χ2n) is 18.0. The van der Waals surface area contributed by atoms with Crippen LogP contribution in [0.15, 0.2) is 176 Å². The van der Waals surface area contributed by atoms with Crippen molar-refractivity contribution in [1.29, 1.82) is 0 Å². The van der Waals surface area contributed by atoms with Crippen molar-refractivity contribution >= 4 is 38.2 Å². The lowest BCUT2D eigenvalue weighted by atomic mass is 9.79. The van der Waals surface area contributed by atoms with E-state index in [-0.39, 0.29) is 10.8 Å². The van der Waals surface area contributed by atoms with E-state index in [2.05, 4.69) is 185 Å². The average Bonchev–Trinajstić information content (AvgIpc) is 3.67. The highest BCUT2D eigenvalue weighted by atomic mass is 14.7. The smallest absolute Gasteiger partial charge is 0.0794 e. The summed E-state index contributed by atoms with van der Waals surface area (Å²) in [4.78, 5) is 10.3. The zero-order chi connectivity index (χ0) is 40.3. The predicted octanol–water partition coefficient (Wildman–Crippen LogP) is 15.3. The fraction of sp³-hybridized carbons (Fsp3) is 0.138. The number of benzene rings is 7. The molecule has 0 N–H and O–H groups in total. The van der Waals surface area contributed by atoms with Crippen LogP contribution < -0.4 is 0 Å². The van der Waals surface area contributed by atoms with Gasteiger partial charge in [0.05, 0.1) is 16.7 Å². The maximum Gasteiger partial charge on any atom is 0.0794 e. The van der Waals surface area contributed by atoms with Crippen LogP contribution in [0.2, 0.25) is 0 Å². The van der Waals surface area contributed by atoms with Gasteiger partial charge in [0, 0.05) is 44.3 Å². The van der Waals surface area contributed by atoms with E-state index in [0.29, 0.717) is 0 Å². The molecular formula is C58H44N2. The quantitative estimate of drug-likeness (QED) is 0.167. The summed E-state index contributed by atoms with van der Waals surface area (Å²) >= 11 is 0. The summed E-state index contributed by atoms with van der Waals surface area (Å²) in [6.45, 7) is 9.53. The van der Waals surface area contributed by atoms with Crippen LogP contribution in [0.3, 0.4) is 0 Å². The second kappa shape index (κ2) is 12.8. The summed E-state index contributed by atoms with van der Waals surface area (Å²) in [5.74, 6) is 0. The number of hydrogen-bond donors (Lipinski definition) is 0. The Kier molecular flexibility index (Phi) is 7.48. The minimum atomic E-state index is -0.0878. The lowest BCUT2D eigenvalue weighted by Crippen LogP contribution is -2.16. The summed E-state index contributed by atoms with van der Waals surface area (Å²) in [6.07, 6.45) is 8.82. The molecule has 0 saturated heterocycles. The molecule has 0 atom stereocenters. The van der Waals surface area contributed by atoms with Gasteiger partial charge in [-0.1, -0.05) is 161 Å². The highest BCUT2D eigenvalue weighted by Gasteiger charge is 2.38. The van der Waals surface area contributed by atoms with Crippen molar-refractivity contribution in [1.82, 2.24) is 9.97 Å². The Bertz CT molecular complexity index is 3350. The summed E-state index contributed by atoms with van der Waals surface area (Å²) in [5, 5.41) is 4.69. The van der Waals surface area contributed by atoms with Crippen molar-refractivity contribution in [3.8, 4) is 55.8 Å². The Balaban J connectivity index is 1.08. The van der Waals surface area contributed by atoms with Gasteiger partial charge in [-0.25, -0.2) is 4.98 Å². The summed E-state index contributed by atoms with van der Waals surface area (Å²) in [5.41, 5.74) is 22.4. The van der Waals surface area contributed by atoms with Gasteiger partial charge in [0.1, 0.15) is 0 Å². The Morgan fingerprint density at radius 2 is 1.10 bits per heavy atom. The van der Waals surface area contributed by atoms with Gasteiger partial charge < -0.3 is 0 Å². The van der Waals surface area contributed by atoms with Crippen LogP contribution in [0.1, 0.15) is 62.8 Å². The van der Waals surface area contributed by atoms with Gasteiger partial charge in [-0.05, 0) is 121 Å². The Hall–Kier alpha value is -6.90. The molecule has 2 heterocycles. The molecule has 3 aliphatic rings. The number of aromatic nitrogens is 2. The SMILES string of the molecule is CC1(C)C2=C(CCC=C2)c2ccc(-c3cc(-c4ccc(-c5cccc6cccnc56)cc4)nc4c3cc(-c3ccc5c(c3)C(C)(C)c3ccccc3-5)c3ccccc34)cc21. The number of hydrogen-bond acceptors (Lipinski definition) is 2. The third kappa shape index (κ3) is 5.07. The van der Waals surface area contributed by atoms with Gasteiger partial charge in [0.25, 0.3) is 0 Å². The summed E-state index contributed by atoms with van der Waals surface area (Å²) in [7, 11) is 0. The first-order valence-electron chi connectivity index (χ1n) is 21.4. The molecule has 286 valence electrons. The molecular weight excluding hydrogens is 725 g/mol. The standard InChI is InChI=1S/C58H44N2/c1-57(2)50-20-9-7-16-42(50)44-28-26-38(31-52(44)57)47-33-49-48(39-27-29-45-43-17-8-10-21-51(43)58(3,4)53(45)32-39)34-54(60-56(49)46-18-6-5-15-41(46)47)36-24-22-35(23-25-36)40-19-11-13-37-14-12-30-59-55(37)40/h5-7,9-16,18-34H,8,17H2,1-4H3. The Labute approximate surface area is 351 Å². The van der Waals surface area contributed by atoms with E-state index in [0.717, 1.165) is 51.6 Å². The fourth-order valence-corrected chi connectivity index (χ4v) is 10.9. The fourth-order valence-electron chi connectivity index (χ4n) is 10.9. The van der Waals surface area contributed by atoms with Crippen molar-refractivity contribution in [2.45, 2.75) is 51.4 Å². The van der Waals surface area contributed by atoms with Crippen molar-refractivity contribution in [3.63, 3.8) is 0 Å². The number of pyridine rings is 2. The zero-order valence-corrected chi connectivity index (χ0v) is 34.5. The van der Waals surface area contributed by atoms with E-state index in [4.69, 9.17) is 9.97 Å². The van der Waals surface area contributed by atoms with Gasteiger partial charge >= 0.3 is 0 Å². The van der Waals surface area contributed by atoms with Crippen LogP contribution in [-0.2, 0) is 10.8 Å². The van der Waals surface area contributed by atoms with Crippen LogP contribution in [0.4, 0.5) is 0 Å². The molecule has 0 bridgehead atoms. The van der Waals surface area contributed by atoms with Crippen LogP contribution in [0.25, 0.3) is 93.9 Å². The number of allylic oxidation sites excluding steroid dienone is 4. The van der Waals surface area contributed by atoms with Crippen LogP contribution >= 0.6 is 0 Å². The largest absolute Gasteiger partial charge is 0.256 e. The molecule has 0 unspecified atom stereocenters. The van der Waals surface area contributed by atoms with Crippen molar-refractivity contribution in [2.24, 2.45) is 0 Å². The van der Waals surface area contributed by atoms with Crippen LogP contribution in [0.5, 0.6) is 0 Å². The van der Waals surface area contributed by atoms with Gasteiger partial charge in [0.15, 0.2) is 0 Å². The van der Waals surface area contributed by atoms with E-state index >= 15 is 0 Å². The first-order chi connectivity index (χ1) is 29.3. The molecule has 0 radical (unpaired) electrons.